The number of hydrogen-bond donors (Lipinski definition) is 1. The van der Waals surface area contributed by atoms with Gasteiger partial charge in [0.25, 0.3) is 0 Å². The van der Waals surface area contributed by atoms with Crippen LogP contribution >= 0.6 is 0 Å². The zero-order valence-corrected chi connectivity index (χ0v) is 10.1. The smallest absolute Gasteiger partial charge is 0.419 e. The van der Waals surface area contributed by atoms with E-state index in [9.17, 15) is 18.0 Å². The number of carbonyl (C=O) groups is 1. The van der Waals surface area contributed by atoms with E-state index in [1.165, 1.54) is 6.07 Å². The lowest BCUT2D eigenvalue weighted by molar-refractivity contribution is -0.138. The summed E-state index contributed by atoms with van der Waals surface area (Å²) in [4.78, 5) is 14.2. The molecule has 1 aromatic carbocycles. The van der Waals surface area contributed by atoms with Crippen LogP contribution < -0.4 is 4.74 Å². The van der Waals surface area contributed by atoms with Crippen LogP contribution in [0.2, 0.25) is 0 Å². The van der Waals surface area contributed by atoms with E-state index in [0.717, 1.165) is 25.5 Å². The molecule has 0 aliphatic heterocycles. The van der Waals surface area contributed by atoms with Crippen molar-refractivity contribution in [1.29, 1.82) is 0 Å². The number of nitrogens with zero attached hydrogens (tertiary/aromatic N) is 1. The van der Waals surface area contributed by atoms with E-state index >= 15 is 0 Å². The highest BCUT2D eigenvalue weighted by molar-refractivity contribution is 5.85. The van der Waals surface area contributed by atoms with Crippen LogP contribution in [0, 0.1) is 0 Å². The topological polar surface area (TPSA) is 72.6 Å². The molecule has 1 aromatic heterocycles. The molecule has 0 bridgehead atoms. The fourth-order valence-corrected chi connectivity index (χ4v) is 1.57. The largest absolute Gasteiger partial charge is 0.496 e. The number of hydrogen-bond acceptors (Lipinski definition) is 4. The van der Waals surface area contributed by atoms with Crippen LogP contribution in [0.4, 0.5) is 13.2 Å². The molecule has 0 amide bonds. The number of oxazole rings is 1. The minimum atomic E-state index is -4.61. The van der Waals surface area contributed by atoms with Gasteiger partial charge in [-0.3, -0.25) is 0 Å². The molecule has 0 unspecified atom stereocenters. The number of rotatable bonds is 3. The highest BCUT2D eigenvalue weighted by Crippen LogP contribution is 2.38. The molecule has 0 atom stereocenters. The average Bonchev–Trinajstić information content (AvgIpc) is 2.86. The second kappa shape index (κ2) is 4.87. The first-order valence-corrected chi connectivity index (χ1v) is 5.27. The van der Waals surface area contributed by atoms with Crippen molar-refractivity contribution in [3.63, 3.8) is 0 Å². The number of carboxylic acids is 1. The molecule has 1 heterocycles. The van der Waals surface area contributed by atoms with E-state index in [1.54, 1.807) is 0 Å². The summed E-state index contributed by atoms with van der Waals surface area (Å²) in [5.74, 6) is -1.88. The number of benzene rings is 1. The molecule has 5 nitrogen and oxygen atoms in total. The maximum Gasteiger partial charge on any atom is 0.419 e. The molecule has 0 aliphatic carbocycles. The summed E-state index contributed by atoms with van der Waals surface area (Å²) in [6.45, 7) is 0. The minimum Gasteiger partial charge on any atom is -0.496 e. The van der Waals surface area contributed by atoms with Crippen molar-refractivity contribution in [1.82, 2.24) is 4.98 Å². The number of ether oxygens (including phenoxy) is 1. The van der Waals surface area contributed by atoms with Gasteiger partial charge in [-0.1, -0.05) is 0 Å². The zero-order chi connectivity index (χ0) is 14.9. The van der Waals surface area contributed by atoms with Crippen LogP contribution in [-0.2, 0) is 6.18 Å². The third-order valence-electron chi connectivity index (χ3n) is 2.48. The van der Waals surface area contributed by atoms with Gasteiger partial charge in [0.1, 0.15) is 12.0 Å². The molecule has 0 fully saturated rings. The number of aromatic carboxylic acids is 1. The second-order valence-corrected chi connectivity index (χ2v) is 3.76. The van der Waals surface area contributed by atoms with Crippen molar-refractivity contribution in [2.45, 2.75) is 6.18 Å². The number of methoxy groups -OCH3 is 1. The summed E-state index contributed by atoms with van der Waals surface area (Å²) < 4.78 is 48.0. The lowest BCUT2D eigenvalue weighted by atomic mass is 10.1. The van der Waals surface area contributed by atoms with Crippen LogP contribution in [0.1, 0.15) is 16.1 Å². The minimum absolute atomic E-state index is 0.00521. The van der Waals surface area contributed by atoms with Gasteiger partial charge in [0.2, 0.25) is 5.89 Å². The molecule has 0 radical (unpaired) electrons. The van der Waals surface area contributed by atoms with Crippen molar-refractivity contribution in [2.24, 2.45) is 0 Å². The van der Waals surface area contributed by atoms with Gasteiger partial charge in [-0.2, -0.15) is 13.2 Å². The Morgan fingerprint density at radius 1 is 1.40 bits per heavy atom. The molecular weight excluding hydrogens is 279 g/mol. The summed E-state index contributed by atoms with van der Waals surface area (Å²) in [6, 6.07) is 3.20. The van der Waals surface area contributed by atoms with Gasteiger partial charge in [0, 0.05) is 5.56 Å². The zero-order valence-electron chi connectivity index (χ0n) is 10.1. The standard InChI is InChI=1S/C12H8F3NO4/c1-19-9-3-2-6(4-7(9)12(13,14)15)10-16-8(5-20-10)11(17)18/h2-5H,1H3,(H,17,18). The van der Waals surface area contributed by atoms with Gasteiger partial charge in [-0.15, -0.1) is 0 Å². The lowest BCUT2D eigenvalue weighted by Crippen LogP contribution is -2.07. The molecule has 0 saturated heterocycles. The predicted molar refractivity (Wildman–Crippen MR) is 60.5 cm³/mol. The maximum absolute atomic E-state index is 12.8. The molecule has 0 saturated carbocycles. The van der Waals surface area contributed by atoms with Gasteiger partial charge in [0.05, 0.1) is 12.7 Å². The fourth-order valence-electron chi connectivity index (χ4n) is 1.57. The van der Waals surface area contributed by atoms with Crippen LogP contribution in [0.3, 0.4) is 0 Å². The summed E-state index contributed by atoms with van der Waals surface area (Å²) in [6.07, 6.45) is -3.75. The quantitative estimate of drug-likeness (QED) is 0.939. The van der Waals surface area contributed by atoms with Gasteiger partial charge < -0.3 is 14.3 Å². The monoisotopic (exact) mass is 287 g/mol. The van der Waals surface area contributed by atoms with Gasteiger partial charge in [-0.25, -0.2) is 9.78 Å². The van der Waals surface area contributed by atoms with E-state index in [-0.39, 0.29) is 22.9 Å². The Bertz CT molecular complexity index is 648. The molecule has 2 aromatic rings. The lowest BCUT2D eigenvalue weighted by Gasteiger charge is -2.12. The summed E-state index contributed by atoms with van der Waals surface area (Å²) in [5.41, 5.74) is -1.37. The van der Waals surface area contributed by atoms with Crippen LogP contribution in [-0.4, -0.2) is 23.2 Å². The Kier molecular flexibility index (Phi) is 3.39. The van der Waals surface area contributed by atoms with E-state index in [1.807, 2.05) is 0 Å². The fraction of sp³-hybridized carbons (Fsp3) is 0.167. The number of carboxylic acid groups (broad SMARTS) is 1. The Hall–Kier alpha value is -2.51. The third kappa shape index (κ3) is 2.58. The highest BCUT2D eigenvalue weighted by atomic mass is 19.4. The average molecular weight is 287 g/mol. The molecule has 106 valence electrons. The SMILES string of the molecule is COc1ccc(-c2nc(C(=O)O)co2)cc1C(F)(F)F. The summed E-state index contributed by atoms with van der Waals surface area (Å²) in [5, 5.41) is 8.69. The number of aromatic nitrogens is 1. The normalized spacial score (nSPS) is 11.4. The van der Waals surface area contributed by atoms with Crippen molar-refractivity contribution in [2.75, 3.05) is 7.11 Å². The van der Waals surface area contributed by atoms with Crippen molar-refractivity contribution < 1.29 is 32.2 Å². The second-order valence-electron chi connectivity index (χ2n) is 3.76. The maximum atomic E-state index is 12.8. The molecule has 2 rings (SSSR count). The molecular formula is C12H8F3NO4. The van der Waals surface area contributed by atoms with E-state index in [2.05, 4.69) is 9.72 Å². The van der Waals surface area contributed by atoms with E-state index < -0.39 is 17.7 Å². The summed E-state index contributed by atoms with van der Waals surface area (Å²) >= 11 is 0. The van der Waals surface area contributed by atoms with Crippen LogP contribution in [0.15, 0.2) is 28.9 Å². The first-order chi connectivity index (χ1) is 9.32. The number of halogens is 3. The van der Waals surface area contributed by atoms with Crippen molar-refractivity contribution >= 4 is 5.97 Å². The first-order valence-electron chi connectivity index (χ1n) is 5.27. The van der Waals surface area contributed by atoms with E-state index in [0.29, 0.717) is 0 Å². The van der Waals surface area contributed by atoms with Gasteiger partial charge in [-0.05, 0) is 18.2 Å². The first kappa shape index (κ1) is 13.9. The Labute approximate surface area is 110 Å². The molecule has 8 heteroatoms. The molecule has 1 N–H and O–H groups in total. The third-order valence-corrected chi connectivity index (χ3v) is 2.48. The Morgan fingerprint density at radius 2 is 2.10 bits per heavy atom. The van der Waals surface area contributed by atoms with Gasteiger partial charge >= 0.3 is 12.1 Å². The predicted octanol–water partition coefficient (Wildman–Crippen LogP) is 3.07. The summed E-state index contributed by atoms with van der Waals surface area (Å²) in [7, 11) is 1.12. The number of alkyl halides is 3. The Balaban J connectivity index is 2.50. The highest BCUT2D eigenvalue weighted by Gasteiger charge is 2.35. The van der Waals surface area contributed by atoms with Crippen molar-refractivity contribution in [3.05, 3.63) is 35.7 Å². The van der Waals surface area contributed by atoms with Crippen LogP contribution in [0.25, 0.3) is 11.5 Å². The van der Waals surface area contributed by atoms with E-state index in [4.69, 9.17) is 9.52 Å². The molecule has 0 aliphatic rings. The van der Waals surface area contributed by atoms with Crippen molar-refractivity contribution in [3.8, 4) is 17.2 Å². The molecule has 0 spiro atoms. The molecule has 20 heavy (non-hydrogen) atoms. The van der Waals surface area contributed by atoms with Crippen LogP contribution in [0.5, 0.6) is 5.75 Å². The van der Waals surface area contributed by atoms with Gasteiger partial charge in [0.15, 0.2) is 5.69 Å². The Morgan fingerprint density at radius 3 is 2.60 bits per heavy atom.